The van der Waals surface area contributed by atoms with E-state index in [2.05, 4.69) is 22.4 Å². The molecule has 3 nitrogen and oxygen atoms in total. The fourth-order valence-electron chi connectivity index (χ4n) is 2.58. The van der Waals surface area contributed by atoms with E-state index in [1.807, 2.05) is 62.4 Å². The van der Waals surface area contributed by atoms with Gasteiger partial charge in [0.1, 0.15) is 0 Å². The summed E-state index contributed by atoms with van der Waals surface area (Å²) < 4.78 is 0. The topological polar surface area (TPSA) is 42.0 Å². The zero-order valence-corrected chi connectivity index (χ0v) is 13.9. The van der Waals surface area contributed by atoms with E-state index in [1.54, 1.807) is 12.4 Å². The van der Waals surface area contributed by atoms with Crippen molar-refractivity contribution in [3.63, 3.8) is 0 Å². The number of hydrogen-bond donors (Lipinski definition) is 1. The summed E-state index contributed by atoms with van der Waals surface area (Å²) in [6, 6.07) is 19.4. The van der Waals surface area contributed by atoms with Gasteiger partial charge in [-0.1, -0.05) is 53.6 Å². The smallest absolute Gasteiger partial charge is 0.252 e. The Bertz CT molecular complexity index is 809. The van der Waals surface area contributed by atoms with Gasteiger partial charge >= 0.3 is 0 Å². The molecule has 0 fully saturated rings. The highest BCUT2D eigenvalue weighted by Crippen LogP contribution is 2.22. The summed E-state index contributed by atoms with van der Waals surface area (Å²) in [5.41, 5.74) is 4.97. The maximum Gasteiger partial charge on any atom is 0.252 e. The minimum absolute atomic E-state index is 0.0931. The summed E-state index contributed by atoms with van der Waals surface area (Å²) in [6.45, 7) is 4.06. The molecule has 0 spiro atoms. The number of carbonyl (C=O) groups excluding carboxylic acids is 1. The van der Waals surface area contributed by atoms with Gasteiger partial charge in [0.15, 0.2) is 0 Å². The monoisotopic (exact) mass is 316 g/mol. The maximum atomic E-state index is 12.6. The number of amides is 1. The molecule has 0 bridgehead atoms. The SMILES string of the molecule is Cc1ccc(C(=O)N[C@H](c2ccc(C)cc2)c2cccnc2)cc1. The third-order valence-electron chi connectivity index (χ3n) is 4.02. The first kappa shape index (κ1) is 15.9. The van der Waals surface area contributed by atoms with Crippen molar-refractivity contribution in [3.05, 3.63) is 101 Å². The summed E-state index contributed by atoms with van der Waals surface area (Å²) in [6.07, 6.45) is 3.53. The van der Waals surface area contributed by atoms with Crippen molar-refractivity contribution >= 4 is 5.91 Å². The van der Waals surface area contributed by atoms with Crippen LogP contribution < -0.4 is 5.32 Å². The van der Waals surface area contributed by atoms with E-state index < -0.39 is 0 Å². The Morgan fingerprint density at radius 2 is 1.50 bits per heavy atom. The quantitative estimate of drug-likeness (QED) is 0.783. The van der Waals surface area contributed by atoms with Crippen molar-refractivity contribution in [2.24, 2.45) is 0 Å². The molecular weight excluding hydrogens is 296 g/mol. The third kappa shape index (κ3) is 3.69. The molecule has 24 heavy (non-hydrogen) atoms. The van der Waals surface area contributed by atoms with Crippen molar-refractivity contribution in [1.29, 1.82) is 0 Å². The zero-order chi connectivity index (χ0) is 16.9. The molecule has 1 amide bonds. The fraction of sp³-hybridized carbons (Fsp3) is 0.143. The average molecular weight is 316 g/mol. The van der Waals surface area contributed by atoms with E-state index >= 15 is 0 Å². The maximum absolute atomic E-state index is 12.6. The van der Waals surface area contributed by atoms with Gasteiger partial charge in [-0.2, -0.15) is 0 Å². The molecular formula is C21H20N2O. The number of carbonyl (C=O) groups is 1. The molecule has 0 saturated heterocycles. The van der Waals surface area contributed by atoms with Crippen LogP contribution in [0.15, 0.2) is 73.1 Å². The van der Waals surface area contributed by atoms with Crippen molar-refractivity contribution in [3.8, 4) is 0 Å². The Morgan fingerprint density at radius 1 is 0.875 bits per heavy atom. The molecule has 0 aliphatic rings. The van der Waals surface area contributed by atoms with Crippen LogP contribution in [0.25, 0.3) is 0 Å². The van der Waals surface area contributed by atoms with Crippen LogP contribution in [0.5, 0.6) is 0 Å². The van der Waals surface area contributed by atoms with Gasteiger partial charge in [0.2, 0.25) is 0 Å². The van der Waals surface area contributed by atoms with Crippen LogP contribution in [0, 0.1) is 13.8 Å². The van der Waals surface area contributed by atoms with E-state index in [0.717, 1.165) is 16.7 Å². The largest absolute Gasteiger partial charge is 0.341 e. The molecule has 0 unspecified atom stereocenters. The molecule has 1 N–H and O–H groups in total. The Balaban J connectivity index is 1.91. The zero-order valence-electron chi connectivity index (χ0n) is 13.9. The number of hydrogen-bond acceptors (Lipinski definition) is 2. The third-order valence-corrected chi connectivity index (χ3v) is 4.02. The summed E-state index contributed by atoms with van der Waals surface area (Å²) in [4.78, 5) is 16.8. The highest BCUT2D eigenvalue weighted by Gasteiger charge is 2.18. The standard InChI is InChI=1S/C21H20N2O/c1-15-5-9-17(10-6-15)20(19-4-3-13-22-14-19)23-21(24)18-11-7-16(2)8-12-18/h3-14,20H,1-2H3,(H,23,24)/t20-/m1/s1. The molecule has 1 heterocycles. The van der Waals surface area contributed by atoms with E-state index in [1.165, 1.54) is 5.56 Å². The predicted molar refractivity (Wildman–Crippen MR) is 95.9 cm³/mol. The molecule has 120 valence electrons. The Kier molecular flexibility index (Phi) is 4.71. The Hall–Kier alpha value is -2.94. The first-order valence-electron chi connectivity index (χ1n) is 7.97. The number of benzene rings is 2. The van der Waals surface area contributed by atoms with Crippen LogP contribution in [-0.4, -0.2) is 10.9 Å². The van der Waals surface area contributed by atoms with Crippen molar-refractivity contribution in [1.82, 2.24) is 10.3 Å². The lowest BCUT2D eigenvalue weighted by atomic mass is 9.98. The highest BCUT2D eigenvalue weighted by atomic mass is 16.1. The molecule has 0 aliphatic carbocycles. The van der Waals surface area contributed by atoms with Crippen LogP contribution in [0.3, 0.4) is 0 Å². The lowest BCUT2D eigenvalue weighted by molar-refractivity contribution is 0.0943. The Labute approximate surface area is 142 Å². The summed E-state index contributed by atoms with van der Waals surface area (Å²) in [5.74, 6) is -0.0931. The molecule has 0 aliphatic heterocycles. The van der Waals surface area contributed by atoms with Crippen LogP contribution in [0.1, 0.15) is 38.7 Å². The van der Waals surface area contributed by atoms with Crippen molar-refractivity contribution < 1.29 is 4.79 Å². The highest BCUT2D eigenvalue weighted by molar-refractivity contribution is 5.94. The minimum atomic E-state index is -0.229. The van der Waals surface area contributed by atoms with E-state index in [0.29, 0.717) is 5.56 Å². The van der Waals surface area contributed by atoms with Gasteiger partial charge in [-0.3, -0.25) is 9.78 Å². The van der Waals surface area contributed by atoms with Gasteiger partial charge < -0.3 is 5.32 Å². The lowest BCUT2D eigenvalue weighted by Gasteiger charge is -2.20. The fourth-order valence-corrected chi connectivity index (χ4v) is 2.58. The van der Waals surface area contributed by atoms with E-state index in [4.69, 9.17) is 0 Å². The van der Waals surface area contributed by atoms with Crippen LogP contribution in [0.2, 0.25) is 0 Å². The second kappa shape index (κ2) is 7.09. The number of aryl methyl sites for hydroxylation is 2. The van der Waals surface area contributed by atoms with Crippen molar-refractivity contribution in [2.45, 2.75) is 19.9 Å². The molecule has 3 aromatic rings. The molecule has 1 aromatic heterocycles. The molecule has 3 heteroatoms. The van der Waals surface area contributed by atoms with E-state index in [9.17, 15) is 4.79 Å². The summed E-state index contributed by atoms with van der Waals surface area (Å²) >= 11 is 0. The van der Waals surface area contributed by atoms with Gasteiger partial charge in [0.25, 0.3) is 5.91 Å². The lowest BCUT2D eigenvalue weighted by Crippen LogP contribution is -2.29. The van der Waals surface area contributed by atoms with Crippen LogP contribution in [-0.2, 0) is 0 Å². The van der Waals surface area contributed by atoms with Gasteiger partial charge in [0, 0.05) is 18.0 Å². The van der Waals surface area contributed by atoms with Gasteiger partial charge in [-0.15, -0.1) is 0 Å². The first-order chi connectivity index (χ1) is 11.6. The number of nitrogens with one attached hydrogen (secondary N) is 1. The van der Waals surface area contributed by atoms with Gasteiger partial charge in [-0.25, -0.2) is 0 Å². The molecule has 0 saturated carbocycles. The number of nitrogens with zero attached hydrogens (tertiary/aromatic N) is 1. The van der Waals surface area contributed by atoms with Crippen LogP contribution in [0.4, 0.5) is 0 Å². The number of rotatable bonds is 4. The molecule has 1 atom stereocenters. The normalized spacial score (nSPS) is 11.8. The second-order valence-corrected chi connectivity index (χ2v) is 5.97. The molecule has 3 rings (SSSR count). The molecule has 0 radical (unpaired) electrons. The summed E-state index contributed by atoms with van der Waals surface area (Å²) in [7, 11) is 0. The van der Waals surface area contributed by atoms with Gasteiger partial charge in [-0.05, 0) is 43.2 Å². The van der Waals surface area contributed by atoms with Crippen LogP contribution >= 0.6 is 0 Å². The predicted octanol–water partition coefficient (Wildman–Crippen LogP) is 4.22. The molecule has 2 aromatic carbocycles. The van der Waals surface area contributed by atoms with Crippen molar-refractivity contribution in [2.75, 3.05) is 0 Å². The second-order valence-electron chi connectivity index (χ2n) is 5.97. The minimum Gasteiger partial charge on any atom is -0.341 e. The van der Waals surface area contributed by atoms with E-state index in [-0.39, 0.29) is 11.9 Å². The number of pyridine rings is 1. The number of aromatic nitrogens is 1. The van der Waals surface area contributed by atoms with Gasteiger partial charge in [0.05, 0.1) is 6.04 Å². The Morgan fingerprint density at radius 3 is 2.08 bits per heavy atom. The summed E-state index contributed by atoms with van der Waals surface area (Å²) in [5, 5.41) is 3.13. The first-order valence-corrected chi connectivity index (χ1v) is 7.97. The average Bonchev–Trinajstić information content (AvgIpc) is 2.62.